The summed E-state index contributed by atoms with van der Waals surface area (Å²) in [7, 11) is 0. The fourth-order valence-electron chi connectivity index (χ4n) is 2.52. The number of nitro groups is 1. The first kappa shape index (κ1) is 20.2. The molecule has 3 rings (SSSR count). The first-order chi connectivity index (χ1) is 14.1. The van der Waals surface area contributed by atoms with E-state index in [1.54, 1.807) is 18.5 Å². The van der Waals surface area contributed by atoms with Gasteiger partial charge in [-0.15, -0.1) is 16.8 Å². The number of allylic oxidation sites excluding steroid dienone is 1. The Kier molecular flexibility index (Phi) is 6.69. The third-order valence-electron chi connectivity index (χ3n) is 3.87. The highest BCUT2D eigenvalue weighted by Crippen LogP contribution is 2.24. The summed E-state index contributed by atoms with van der Waals surface area (Å²) in [4.78, 5) is 26.4. The van der Waals surface area contributed by atoms with Crippen molar-refractivity contribution in [2.45, 2.75) is 18.1 Å². The van der Waals surface area contributed by atoms with Gasteiger partial charge >= 0.3 is 0 Å². The summed E-state index contributed by atoms with van der Waals surface area (Å²) in [5, 5.41) is 22.5. The average molecular weight is 410 g/mol. The Bertz CT molecular complexity index is 1000. The van der Waals surface area contributed by atoms with Gasteiger partial charge in [0.25, 0.3) is 5.69 Å². The average Bonchev–Trinajstić information content (AvgIpc) is 3.12. The zero-order chi connectivity index (χ0) is 20.6. The van der Waals surface area contributed by atoms with Gasteiger partial charge in [0.15, 0.2) is 11.0 Å². The van der Waals surface area contributed by atoms with E-state index >= 15 is 0 Å². The summed E-state index contributed by atoms with van der Waals surface area (Å²) in [5.74, 6) is 1.01. The molecular formula is C19H18N6O3S. The molecule has 29 heavy (non-hydrogen) atoms. The minimum atomic E-state index is -0.485. The molecule has 1 aromatic carbocycles. The molecule has 0 aliphatic heterocycles. The van der Waals surface area contributed by atoms with E-state index in [4.69, 9.17) is 0 Å². The van der Waals surface area contributed by atoms with Crippen LogP contribution in [-0.2, 0) is 11.3 Å². The molecule has 0 aliphatic carbocycles. The fraction of sp³-hybridized carbons (Fsp3) is 0.158. The molecule has 0 spiro atoms. The second-order valence-corrected chi connectivity index (χ2v) is 6.96. The van der Waals surface area contributed by atoms with Crippen molar-refractivity contribution in [3.05, 3.63) is 71.6 Å². The van der Waals surface area contributed by atoms with Crippen molar-refractivity contribution in [1.82, 2.24) is 19.7 Å². The Morgan fingerprint density at radius 3 is 2.72 bits per heavy atom. The number of nitrogens with one attached hydrogen (secondary N) is 1. The van der Waals surface area contributed by atoms with E-state index in [2.05, 4.69) is 27.1 Å². The van der Waals surface area contributed by atoms with E-state index < -0.39 is 4.92 Å². The number of non-ortho nitro benzene ring substituents is 1. The van der Waals surface area contributed by atoms with E-state index in [1.807, 2.05) is 16.7 Å². The molecule has 3 aromatic rings. The van der Waals surface area contributed by atoms with E-state index in [0.29, 0.717) is 29.0 Å². The summed E-state index contributed by atoms with van der Waals surface area (Å²) in [6.07, 6.45) is 5.42. The highest BCUT2D eigenvalue weighted by molar-refractivity contribution is 7.99. The standard InChI is InChI=1S/C19H18N6O3S/c1-2-11-24-18(14-4-3-10-20-13-14)22-23-19(24)29-12-9-17(26)21-15-5-7-16(8-6-15)25(27)28/h2-8,10,13H,1,9,11-12H2,(H,21,26). The number of amides is 1. The van der Waals surface area contributed by atoms with Crippen molar-refractivity contribution < 1.29 is 9.72 Å². The Morgan fingerprint density at radius 2 is 2.07 bits per heavy atom. The summed E-state index contributed by atoms with van der Waals surface area (Å²) in [6.45, 7) is 4.31. The molecule has 0 atom stereocenters. The van der Waals surface area contributed by atoms with Crippen LogP contribution in [0.4, 0.5) is 11.4 Å². The fourth-order valence-corrected chi connectivity index (χ4v) is 3.41. The molecule has 2 heterocycles. The van der Waals surface area contributed by atoms with Crippen molar-refractivity contribution in [3.63, 3.8) is 0 Å². The number of hydrogen-bond donors (Lipinski definition) is 1. The number of nitrogens with zero attached hydrogens (tertiary/aromatic N) is 5. The molecule has 2 aromatic heterocycles. The second-order valence-electron chi connectivity index (χ2n) is 5.90. The molecule has 0 fully saturated rings. The number of carbonyl (C=O) groups excluding carboxylic acids is 1. The Morgan fingerprint density at radius 1 is 1.28 bits per heavy atom. The number of benzene rings is 1. The maximum atomic E-state index is 12.1. The molecule has 0 radical (unpaired) electrons. The molecule has 10 heteroatoms. The first-order valence-electron chi connectivity index (χ1n) is 8.70. The van der Waals surface area contributed by atoms with Crippen molar-refractivity contribution >= 4 is 29.0 Å². The lowest BCUT2D eigenvalue weighted by molar-refractivity contribution is -0.384. The van der Waals surface area contributed by atoms with Crippen molar-refractivity contribution in [2.24, 2.45) is 0 Å². The van der Waals surface area contributed by atoms with Gasteiger partial charge in [0.1, 0.15) is 0 Å². The predicted molar refractivity (Wildman–Crippen MR) is 111 cm³/mol. The molecule has 1 amide bonds. The van der Waals surface area contributed by atoms with E-state index in [0.717, 1.165) is 5.56 Å². The molecule has 0 aliphatic rings. The minimum absolute atomic E-state index is 0.0236. The Labute approximate surface area is 171 Å². The number of hydrogen-bond acceptors (Lipinski definition) is 7. The molecular weight excluding hydrogens is 392 g/mol. The molecule has 0 saturated carbocycles. The van der Waals surface area contributed by atoms with Gasteiger partial charge in [-0.05, 0) is 24.3 Å². The lowest BCUT2D eigenvalue weighted by atomic mass is 10.3. The summed E-state index contributed by atoms with van der Waals surface area (Å²) in [5.41, 5.74) is 1.34. The third kappa shape index (κ3) is 5.26. The summed E-state index contributed by atoms with van der Waals surface area (Å²) in [6, 6.07) is 9.44. The van der Waals surface area contributed by atoms with E-state index in [9.17, 15) is 14.9 Å². The summed E-state index contributed by atoms with van der Waals surface area (Å²) >= 11 is 1.42. The third-order valence-corrected chi connectivity index (χ3v) is 4.84. The van der Waals surface area contributed by atoms with Gasteiger partial charge in [-0.25, -0.2) is 0 Å². The zero-order valence-corrected chi connectivity index (χ0v) is 16.2. The van der Waals surface area contributed by atoms with Crippen LogP contribution in [0.5, 0.6) is 0 Å². The second kappa shape index (κ2) is 9.60. The lowest BCUT2D eigenvalue weighted by Crippen LogP contribution is -2.12. The van der Waals surface area contributed by atoms with Crippen LogP contribution in [0.3, 0.4) is 0 Å². The van der Waals surface area contributed by atoms with Crippen LogP contribution in [0.25, 0.3) is 11.4 Å². The number of pyridine rings is 1. The van der Waals surface area contributed by atoms with Gasteiger partial charge in [0.2, 0.25) is 5.91 Å². The smallest absolute Gasteiger partial charge is 0.269 e. The van der Waals surface area contributed by atoms with E-state index in [-0.39, 0.29) is 18.0 Å². The van der Waals surface area contributed by atoms with Crippen LogP contribution in [0.15, 0.2) is 66.6 Å². The monoisotopic (exact) mass is 410 g/mol. The van der Waals surface area contributed by atoms with Gasteiger partial charge in [-0.2, -0.15) is 0 Å². The number of anilines is 1. The van der Waals surface area contributed by atoms with Crippen LogP contribution in [-0.4, -0.2) is 36.3 Å². The molecule has 1 N–H and O–H groups in total. The maximum absolute atomic E-state index is 12.1. The molecule has 0 saturated heterocycles. The van der Waals surface area contributed by atoms with Crippen LogP contribution in [0.1, 0.15) is 6.42 Å². The molecule has 0 unspecified atom stereocenters. The highest BCUT2D eigenvalue weighted by atomic mass is 32.2. The number of nitro benzene ring substituents is 1. The van der Waals surface area contributed by atoms with Crippen LogP contribution >= 0.6 is 11.8 Å². The van der Waals surface area contributed by atoms with Gasteiger partial charge in [0.05, 0.1) is 4.92 Å². The number of rotatable bonds is 9. The highest BCUT2D eigenvalue weighted by Gasteiger charge is 2.14. The normalized spacial score (nSPS) is 10.5. The van der Waals surface area contributed by atoms with Gasteiger partial charge < -0.3 is 5.32 Å². The van der Waals surface area contributed by atoms with Crippen LogP contribution in [0, 0.1) is 10.1 Å². The quantitative estimate of drug-likeness (QED) is 0.248. The largest absolute Gasteiger partial charge is 0.326 e. The zero-order valence-electron chi connectivity index (χ0n) is 15.4. The van der Waals surface area contributed by atoms with Crippen molar-refractivity contribution in [3.8, 4) is 11.4 Å². The number of thioether (sulfide) groups is 1. The SMILES string of the molecule is C=CCn1c(SCCC(=O)Nc2ccc([N+](=O)[O-])cc2)nnc1-c1cccnc1. The predicted octanol–water partition coefficient (Wildman–Crippen LogP) is 3.56. The van der Waals surface area contributed by atoms with Crippen LogP contribution < -0.4 is 5.32 Å². The first-order valence-corrected chi connectivity index (χ1v) is 9.68. The molecule has 9 nitrogen and oxygen atoms in total. The minimum Gasteiger partial charge on any atom is -0.326 e. The number of carbonyl (C=O) groups is 1. The Hall–Kier alpha value is -3.53. The lowest BCUT2D eigenvalue weighted by Gasteiger charge is -2.08. The van der Waals surface area contributed by atoms with E-state index in [1.165, 1.54) is 36.0 Å². The van der Waals surface area contributed by atoms with Gasteiger partial charge in [0, 0.05) is 54.5 Å². The topological polar surface area (TPSA) is 116 Å². The summed E-state index contributed by atoms with van der Waals surface area (Å²) < 4.78 is 1.92. The van der Waals surface area contributed by atoms with Gasteiger partial charge in [-0.1, -0.05) is 17.8 Å². The Balaban J connectivity index is 1.58. The van der Waals surface area contributed by atoms with Gasteiger partial charge in [-0.3, -0.25) is 24.5 Å². The van der Waals surface area contributed by atoms with Crippen molar-refractivity contribution in [2.75, 3.05) is 11.1 Å². The number of aromatic nitrogens is 4. The van der Waals surface area contributed by atoms with Crippen molar-refractivity contribution in [1.29, 1.82) is 0 Å². The molecule has 0 bridgehead atoms. The maximum Gasteiger partial charge on any atom is 0.269 e. The molecule has 148 valence electrons. The van der Waals surface area contributed by atoms with Crippen LogP contribution in [0.2, 0.25) is 0 Å².